The number of ether oxygens (including phenoxy) is 2. The Balaban J connectivity index is 2.70. The molecule has 164 valence electrons. The lowest BCUT2D eigenvalue weighted by atomic mass is 10.4. The van der Waals surface area contributed by atoms with Crippen LogP contribution in [0.3, 0.4) is 0 Å². The molecule has 1 aromatic rings. The summed E-state index contributed by atoms with van der Waals surface area (Å²) < 4.78 is 28.9. The van der Waals surface area contributed by atoms with Gasteiger partial charge in [0.1, 0.15) is 30.0 Å². The molecule has 0 saturated carbocycles. The summed E-state index contributed by atoms with van der Waals surface area (Å²) in [5.74, 6) is -0.586. The number of carbonyl (C=O) groups excluding carboxylic acids is 1. The Hall–Kier alpha value is -0.950. The summed E-state index contributed by atoms with van der Waals surface area (Å²) in [7, 11) is -2.47. The lowest BCUT2D eigenvalue weighted by Gasteiger charge is -2.24. The number of halogens is 2. The summed E-state index contributed by atoms with van der Waals surface area (Å²) in [6.45, 7) is 4.52. The molecule has 0 amide bonds. The number of nitrogens with one attached hydrogen (secondary N) is 2. The molecule has 0 bridgehead atoms. The van der Waals surface area contributed by atoms with E-state index in [4.69, 9.17) is 14.0 Å². The summed E-state index contributed by atoms with van der Waals surface area (Å²) in [5.41, 5.74) is -1.26. The molecule has 0 aliphatic rings. The first-order valence-electron chi connectivity index (χ1n) is 8.47. The summed E-state index contributed by atoms with van der Waals surface area (Å²) in [4.78, 5) is 36.9. The number of aliphatic hydroxyl groups is 1. The number of aliphatic hydroxyl groups excluding tert-OH is 1. The van der Waals surface area contributed by atoms with Gasteiger partial charge in [-0.25, -0.2) is 4.79 Å². The average Bonchev–Trinajstić information content (AvgIpc) is 2.61. The Kier molecular flexibility index (Phi) is 11.4. The highest BCUT2D eigenvalue weighted by Crippen LogP contribution is 2.23. The van der Waals surface area contributed by atoms with Crippen molar-refractivity contribution in [1.82, 2.24) is 14.6 Å². The van der Waals surface area contributed by atoms with Gasteiger partial charge in [0.15, 0.2) is 0 Å². The smallest absolute Gasteiger partial charge is 0.462 e. The van der Waals surface area contributed by atoms with E-state index in [1.54, 1.807) is 13.8 Å². The number of nitrogens with zero attached hydrogens (tertiary/aromatic N) is 1. The number of esters is 1. The van der Waals surface area contributed by atoms with E-state index in [0.29, 0.717) is 0 Å². The van der Waals surface area contributed by atoms with Crippen molar-refractivity contribution in [1.29, 1.82) is 0 Å². The lowest BCUT2D eigenvalue weighted by Crippen LogP contribution is -2.38. The summed E-state index contributed by atoms with van der Waals surface area (Å²) in [6.07, 6.45) is -0.999. The maximum Gasteiger partial charge on any atom is 0.613 e. The predicted octanol–water partition coefficient (Wildman–Crippen LogP) is 1.13. The number of aromatic nitrogens is 2. The number of aromatic amines is 1. The number of alkyl halides is 2. The van der Waals surface area contributed by atoms with E-state index in [9.17, 15) is 24.1 Å². The van der Waals surface area contributed by atoms with Crippen molar-refractivity contribution in [3.05, 3.63) is 33.1 Å². The normalized spacial score (nSPS) is 16.2. The summed E-state index contributed by atoms with van der Waals surface area (Å²) >= 11 is 6.15. The van der Waals surface area contributed by atoms with Crippen LogP contribution in [0.1, 0.15) is 27.0 Å². The van der Waals surface area contributed by atoms with Crippen molar-refractivity contribution in [3.63, 3.8) is 0 Å². The number of H-pyrrole nitrogens is 1. The molecule has 14 heteroatoms. The van der Waals surface area contributed by atoms with Gasteiger partial charge in [-0.2, -0.15) is 0 Å². The van der Waals surface area contributed by atoms with Crippen LogP contribution in [0.4, 0.5) is 0 Å². The zero-order valence-electron chi connectivity index (χ0n) is 15.9. The van der Waals surface area contributed by atoms with Crippen LogP contribution in [0, 0.1) is 0 Å². The molecule has 0 aliphatic heterocycles. The maximum absolute atomic E-state index is 12.0. The molecule has 1 aromatic heterocycles. The van der Waals surface area contributed by atoms with Gasteiger partial charge in [0, 0.05) is 17.6 Å². The molecular formula is C15H23Br2N3O8P+. The van der Waals surface area contributed by atoms with Gasteiger partial charge in [-0.3, -0.25) is 19.1 Å². The maximum atomic E-state index is 12.0. The minimum atomic E-state index is -2.47. The molecule has 1 unspecified atom stereocenters. The van der Waals surface area contributed by atoms with Crippen molar-refractivity contribution in [3.8, 4) is 0 Å². The Labute approximate surface area is 184 Å². The highest BCUT2D eigenvalue weighted by Gasteiger charge is 2.32. The van der Waals surface area contributed by atoms with Gasteiger partial charge in [-0.05, 0) is 25.3 Å². The van der Waals surface area contributed by atoms with Gasteiger partial charge in [0.25, 0.3) is 5.56 Å². The van der Waals surface area contributed by atoms with Crippen LogP contribution in [-0.2, 0) is 23.4 Å². The summed E-state index contributed by atoms with van der Waals surface area (Å²) in [5, 5.41) is 11.2. The Morgan fingerprint density at radius 2 is 2.03 bits per heavy atom. The predicted molar refractivity (Wildman–Crippen MR) is 111 cm³/mol. The highest BCUT2D eigenvalue weighted by molar-refractivity contribution is 9.09. The first kappa shape index (κ1) is 26.1. The van der Waals surface area contributed by atoms with Crippen LogP contribution in [0.25, 0.3) is 0 Å². The highest BCUT2D eigenvalue weighted by atomic mass is 79.9. The third kappa shape index (κ3) is 9.16. The van der Waals surface area contributed by atoms with E-state index in [1.165, 1.54) is 13.1 Å². The molecular weight excluding hydrogens is 541 g/mol. The fraction of sp³-hybridized carbons (Fsp3) is 0.667. The van der Waals surface area contributed by atoms with Crippen LogP contribution >= 0.6 is 40.0 Å². The molecule has 0 aromatic carbocycles. The number of hydrogen-bond acceptors (Lipinski definition) is 8. The molecule has 1 rings (SSSR count). The second-order valence-corrected chi connectivity index (χ2v) is 8.68. The van der Waals surface area contributed by atoms with Crippen molar-refractivity contribution in [2.24, 2.45) is 0 Å². The fourth-order valence-corrected chi connectivity index (χ4v) is 3.46. The van der Waals surface area contributed by atoms with Gasteiger partial charge >= 0.3 is 19.8 Å². The fourth-order valence-electron chi connectivity index (χ4n) is 1.94. The van der Waals surface area contributed by atoms with E-state index in [-0.39, 0.29) is 18.0 Å². The van der Waals surface area contributed by atoms with Crippen molar-refractivity contribution >= 4 is 46.0 Å². The zero-order valence-corrected chi connectivity index (χ0v) is 20.0. The molecule has 0 fully saturated rings. The number of rotatable bonds is 12. The third-order valence-electron chi connectivity index (χ3n) is 3.29. The van der Waals surface area contributed by atoms with Gasteiger partial charge < -0.3 is 14.6 Å². The molecule has 0 saturated heterocycles. The van der Waals surface area contributed by atoms with Gasteiger partial charge in [0.05, 0.1) is 6.10 Å². The number of carbonyl (C=O) groups is 1. The Morgan fingerprint density at radius 1 is 1.38 bits per heavy atom. The molecule has 5 atom stereocenters. The minimum Gasteiger partial charge on any atom is -0.462 e. The van der Waals surface area contributed by atoms with E-state index >= 15 is 0 Å². The topological polar surface area (TPSA) is 149 Å². The van der Waals surface area contributed by atoms with Crippen molar-refractivity contribution in [2.75, 3.05) is 11.9 Å². The van der Waals surface area contributed by atoms with Crippen LogP contribution < -0.4 is 16.3 Å². The molecule has 3 N–H and O–H groups in total. The first-order chi connectivity index (χ1) is 13.5. The van der Waals surface area contributed by atoms with Crippen LogP contribution in [-0.4, -0.2) is 55.8 Å². The molecule has 0 radical (unpaired) electrons. The van der Waals surface area contributed by atoms with Crippen LogP contribution in [0.2, 0.25) is 0 Å². The lowest BCUT2D eigenvalue weighted by molar-refractivity contribution is -0.149. The third-order valence-corrected chi connectivity index (χ3v) is 5.42. The standard InChI is InChI=1S/C15H22Br2N3O8P/c1-8(2)27-14(23)9(3)19-29(25)26-7-10(13(17)22)28-12(6-16)20-5-4-11(21)18-15(20)24/h4-5,8-10,12-13,22H,6-7H2,1-3H3,(H-,18,19,21,24,25)/p+1/t9-,10+,12+,13+/m0/s1. The molecule has 0 aliphatic carbocycles. The molecule has 29 heavy (non-hydrogen) atoms. The van der Waals surface area contributed by atoms with Crippen LogP contribution in [0.15, 0.2) is 21.9 Å². The Bertz CT molecular complexity index is 800. The van der Waals surface area contributed by atoms with Crippen molar-refractivity contribution < 1.29 is 28.5 Å². The van der Waals surface area contributed by atoms with E-state index in [2.05, 4.69) is 41.9 Å². The second-order valence-electron chi connectivity index (χ2n) is 6.06. The quantitative estimate of drug-likeness (QED) is 0.193. The van der Waals surface area contributed by atoms with E-state index in [1.807, 2.05) is 0 Å². The van der Waals surface area contributed by atoms with Gasteiger partial charge in [-0.1, -0.05) is 36.9 Å². The minimum absolute atomic E-state index is 0.150. The van der Waals surface area contributed by atoms with Gasteiger partial charge in [-0.15, -0.1) is 4.52 Å². The second kappa shape index (κ2) is 12.7. The Morgan fingerprint density at radius 3 is 2.55 bits per heavy atom. The van der Waals surface area contributed by atoms with Gasteiger partial charge in [0.2, 0.25) is 0 Å². The zero-order chi connectivity index (χ0) is 22.1. The van der Waals surface area contributed by atoms with Crippen molar-refractivity contribution in [2.45, 2.75) is 50.3 Å². The number of hydrogen-bond donors (Lipinski definition) is 3. The molecule has 11 nitrogen and oxygen atoms in total. The van der Waals surface area contributed by atoms with E-state index < -0.39 is 48.8 Å². The molecule has 1 heterocycles. The largest absolute Gasteiger partial charge is 0.613 e. The summed E-state index contributed by atoms with van der Waals surface area (Å²) in [6, 6.07) is 0.277. The monoisotopic (exact) mass is 562 g/mol. The average molecular weight is 564 g/mol. The van der Waals surface area contributed by atoms with Crippen LogP contribution in [0.5, 0.6) is 0 Å². The molecule has 0 spiro atoms. The first-order valence-corrected chi connectivity index (χ1v) is 11.7. The van der Waals surface area contributed by atoms with E-state index in [0.717, 1.165) is 10.6 Å². The SMILES string of the molecule is CC(C)OC(=O)[C@H](C)N[P+](=O)OC[C@@H](O[C@H](CBr)n1ccc(=O)[nH]c1=O)[C@@H](O)Br.